The summed E-state index contributed by atoms with van der Waals surface area (Å²) in [5, 5.41) is 2.82. The average Bonchev–Trinajstić information content (AvgIpc) is 2.90. The van der Waals surface area contributed by atoms with Gasteiger partial charge in [0.05, 0.1) is 0 Å². The first-order valence-corrected chi connectivity index (χ1v) is 13.5. The Morgan fingerprint density at radius 1 is 1.19 bits per heavy atom. The molecule has 0 bridgehead atoms. The molecule has 1 aromatic rings. The van der Waals surface area contributed by atoms with Crippen LogP contribution in [0.5, 0.6) is 5.75 Å². The van der Waals surface area contributed by atoms with E-state index in [0.717, 1.165) is 31.1 Å². The second-order valence-electron chi connectivity index (χ2n) is 8.18. The minimum absolute atomic E-state index is 0.0323. The number of hydrogen-bond acceptors (Lipinski definition) is 5. The van der Waals surface area contributed by atoms with Gasteiger partial charge in [0.2, 0.25) is 5.91 Å². The van der Waals surface area contributed by atoms with Crippen molar-refractivity contribution in [2.24, 2.45) is 5.92 Å². The number of amides is 2. The van der Waals surface area contributed by atoms with Gasteiger partial charge in [0.1, 0.15) is 11.8 Å². The minimum atomic E-state index is -4.65. The van der Waals surface area contributed by atoms with Crippen LogP contribution in [0.3, 0.4) is 0 Å². The van der Waals surface area contributed by atoms with Crippen LogP contribution >= 0.6 is 19.6 Å². The fourth-order valence-electron chi connectivity index (χ4n) is 4.20. The third kappa shape index (κ3) is 7.83. The summed E-state index contributed by atoms with van der Waals surface area (Å²) in [4.78, 5) is 45.2. The third-order valence-corrected chi connectivity index (χ3v) is 7.30. The van der Waals surface area contributed by atoms with Gasteiger partial charge in [0, 0.05) is 30.2 Å². The monoisotopic (exact) mass is 470 g/mol. The van der Waals surface area contributed by atoms with E-state index in [0.29, 0.717) is 17.9 Å². The summed E-state index contributed by atoms with van der Waals surface area (Å²) in [5.74, 6) is 1.71. The molecule has 8 nitrogen and oxygen atoms in total. The standard InChI is InChI=1S/C21H31N2O6PS/c24-20(17-8-10-18(11-9-17)29-30(26,27)28)22-19-15-31-14-13-23(21(19)25)12-4-7-16-5-2-1-3-6-16/h8-11,16,19H,1-7,12-15H2,(H,22,24)(H2,26,27,28). The van der Waals surface area contributed by atoms with Crippen LogP contribution in [0.2, 0.25) is 0 Å². The Hall–Kier alpha value is -1.54. The zero-order chi connectivity index (χ0) is 22.3. The summed E-state index contributed by atoms with van der Waals surface area (Å²) in [5.41, 5.74) is 0.295. The van der Waals surface area contributed by atoms with Gasteiger partial charge >= 0.3 is 7.82 Å². The van der Waals surface area contributed by atoms with Crippen molar-refractivity contribution in [3.8, 4) is 5.75 Å². The number of phosphoric ester groups is 1. The Morgan fingerprint density at radius 3 is 2.58 bits per heavy atom. The van der Waals surface area contributed by atoms with Crippen molar-refractivity contribution < 1.29 is 28.5 Å². The van der Waals surface area contributed by atoms with Crippen molar-refractivity contribution in [1.82, 2.24) is 10.2 Å². The largest absolute Gasteiger partial charge is 0.524 e. The van der Waals surface area contributed by atoms with E-state index in [1.807, 2.05) is 4.90 Å². The lowest BCUT2D eigenvalue weighted by Gasteiger charge is -2.26. The Bertz CT molecular complexity index is 794. The van der Waals surface area contributed by atoms with E-state index < -0.39 is 19.8 Å². The molecule has 3 N–H and O–H groups in total. The Morgan fingerprint density at radius 2 is 1.90 bits per heavy atom. The molecule has 172 valence electrons. The third-order valence-electron chi connectivity index (χ3n) is 5.81. The fraction of sp³-hybridized carbons (Fsp3) is 0.619. The molecule has 1 aliphatic carbocycles. The van der Waals surface area contributed by atoms with Gasteiger partial charge in [0.15, 0.2) is 0 Å². The van der Waals surface area contributed by atoms with Crippen molar-refractivity contribution >= 4 is 31.4 Å². The number of hydrogen-bond donors (Lipinski definition) is 3. The van der Waals surface area contributed by atoms with Crippen LogP contribution in [0, 0.1) is 5.92 Å². The molecule has 2 amide bonds. The molecule has 2 fully saturated rings. The Labute approximate surface area is 187 Å². The molecule has 1 heterocycles. The number of thioether (sulfide) groups is 1. The lowest BCUT2D eigenvalue weighted by atomic mass is 9.86. The number of rotatable bonds is 8. The topological polar surface area (TPSA) is 116 Å². The van der Waals surface area contributed by atoms with Gasteiger partial charge in [-0.15, -0.1) is 0 Å². The highest BCUT2D eigenvalue weighted by Crippen LogP contribution is 2.37. The quantitative estimate of drug-likeness (QED) is 0.500. The number of carbonyl (C=O) groups is 2. The van der Waals surface area contributed by atoms with Crippen LogP contribution in [-0.4, -0.2) is 57.1 Å². The van der Waals surface area contributed by atoms with Crippen molar-refractivity contribution in [3.05, 3.63) is 29.8 Å². The summed E-state index contributed by atoms with van der Waals surface area (Å²) < 4.78 is 15.4. The minimum Gasteiger partial charge on any atom is -0.404 e. The van der Waals surface area contributed by atoms with Crippen molar-refractivity contribution in [2.75, 3.05) is 24.6 Å². The van der Waals surface area contributed by atoms with Crippen LogP contribution in [0.15, 0.2) is 24.3 Å². The van der Waals surface area contributed by atoms with Crippen LogP contribution in [0.4, 0.5) is 0 Å². The zero-order valence-electron chi connectivity index (χ0n) is 17.6. The van der Waals surface area contributed by atoms with Crippen molar-refractivity contribution in [1.29, 1.82) is 0 Å². The molecule has 1 aliphatic heterocycles. The predicted octanol–water partition coefficient (Wildman–Crippen LogP) is 3.19. The molecular weight excluding hydrogens is 439 g/mol. The highest BCUT2D eigenvalue weighted by molar-refractivity contribution is 7.99. The van der Waals surface area contributed by atoms with E-state index >= 15 is 0 Å². The molecule has 0 radical (unpaired) electrons. The van der Waals surface area contributed by atoms with Gasteiger partial charge in [-0.3, -0.25) is 19.4 Å². The average molecular weight is 471 g/mol. The first kappa shape index (κ1) is 24.1. The maximum Gasteiger partial charge on any atom is 0.524 e. The number of benzene rings is 1. The lowest BCUT2D eigenvalue weighted by molar-refractivity contribution is -0.132. The van der Waals surface area contributed by atoms with Crippen LogP contribution in [0.25, 0.3) is 0 Å². The lowest BCUT2D eigenvalue weighted by Crippen LogP contribution is -2.49. The van der Waals surface area contributed by atoms with Gasteiger partial charge in [0.25, 0.3) is 5.91 Å². The van der Waals surface area contributed by atoms with Gasteiger partial charge in [-0.05, 0) is 43.0 Å². The first-order chi connectivity index (χ1) is 14.8. The summed E-state index contributed by atoms with van der Waals surface area (Å²) in [7, 11) is -4.65. The molecule has 1 unspecified atom stereocenters. The fourth-order valence-corrected chi connectivity index (χ4v) is 5.57. The summed E-state index contributed by atoms with van der Waals surface area (Å²) in [6, 6.07) is 4.87. The van der Waals surface area contributed by atoms with Gasteiger partial charge < -0.3 is 14.7 Å². The molecule has 1 aromatic carbocycles. The van der Waals surface area contributed by atoms with Gasteiger partial charge in [-0.25, -0.2) is 4.57 Å². The van der Waals surface area contributed by atoms with Crippen LogP contribution in [0.1, 0.15) is 55.3 Å². The second-order valence-corrected chi connectivity index (χ2v) is 10.5. The van der Waals surface area contributed by atoms with E-state index in [1.54, 1.807) is 11.8 Å². The molecule has 1 atom stereocenters. The van der Waals surface area contributed by atoms with Crippen LogP contribution < -0.4 is 9.84 Å². The summed E-state index contributed by atoms with van der Waals surface area (Å²) >= 11 is 1.66. The zero-order valence-corrected chi connectivity index (χ0v) is 19.3. The summed E-state index contributed by atoms with van der Waals surface area (Å²) in [6.45, 7) is 1.44. The highest BCUT2D eigenvalue weighted by Gasteiger charge is 2.29. The molecule has 1 saturated carbocycles. The molecule has 0 spiro atoms. The maximum absolute atomic E-state index is 13.0. The summed E-state index contributed by atoms with van der Waals surface area (Å²) in [6.07, 6.45) is 8.77. The van der Waals surface area contributed by atoms with E-state index in [4.69, 9.17) is 9.79 Å². The SMILES string of the molecule is O=C(NC1CSCCN(CCCC2CCCCC2)C1=O)c1ccc(OP(=O)(O)O)cc1. The van der Waals surface area contributed by atoms with Gasteiger partial charge in [-0.2, -0.15) is 11.8 Å². The first-order valence-electron chi connectivity index (χ1n) is 10.8. The molecule has 31 heavy (non-hydrogen) atoms. The van der Waals surface area contributed by atoms with Crippen molar-refractivity contribution in [2.45, 2.75) is 51.0 Å². The van der Waals surface area contributed by atoms with Crippen molar-refractivity contribution in [3.63, 3.8) is 0 Å². The number of nitrogens with one attached hydrogen (secondary N) is 1. The molecule has 2 aliphatic rings. The molecule has 10 heteroatoms. The molecule has 3 rings (SSSR count). The smallest absolute Gasteiger partial charge is 0.404 e. The Balaban J connectivity index is 1.52. The Kier molecular flexibility index (Phi) is 8.84. The normalized spacial score (nSPS) is 20.9. The van der Waals surface area contributed by atoms with E-state index in [2.05, 4.69) is 9.84 Å². The van der Waals surface area contributed by atoms with E-state index in [-0.39, 0.29) is 11.7 Å². The van der Waals surface area contributed by atoms with Crippen LogP contribution in [-0.2, 0) is 9.36 Å². The van der Waals surface area contributed by atoms with E-state index in [9.17, 15) is 14.2 Å². The number of phosphoric acid groups is 1. The highest BCUT2D eigenvalue weighted by atomic mass is 32.2. The second kappa shape index (κ2) is 11.4. The molecule has 0 aromatic heterocycles. The molecular formula is C21H31N2O6PS. The van der Waals surface area contributed by atoms with E-state index in [1.165, 1.54) is 56.4 Å². The predicted molar refractivity (Wildman–Crippen MR) is 120 cm³/mol. The van der Waals surface area contributed by atoms with Gasteiger partial charge in [-0.1, -0.05) is 32.1 Å². The maximum atomic E-state index is 13.0. The number of nitrogens with zero attached hydrogens (tertiary/aromatic N) is 1. The molecule has 1 saturated heterocycles. The number of carbonyl (C=O) groups excluding carboxylic acids is 2.